The number of hydrogen-bond acceptors (Lipinski definition) is 5. The van der Waals surface area contributed by atoms with Gasteiger partial charge in [0, 0.05) is 6.54 Å². The van der Waals surface area contributed by atoms with Crippen molar-refractivity contribution in [3.05, 3.63) is 40.4 Å². The van der Waals surface area contributed by atoms with Gasteiger partial charge in [-0.25, -0.2) is 9.78 Å². The van der Waals surface area contributed by atoms with E-state index in [1.807, 2.05) is 13.0 Å². The third kappa shape index (κ3) is 6.49. The summed E-state index contributed by atoms with van der Waals surface area (Å²) in [6, 6.07) is 6.61. The summed E-state index contributed by atoms with van der Waals surface area (Å²) in [5, 5.41) is 5.51. The van der Waals surface area contributed by atoms with E-state index in [1.54, 1.807) is 23.1 Å². The number of aromatic nitrogens is 2. The number of nitrogens with zero attached hydrogens (tertiary/aromatic N) is 2. The van der Waals surface area contributed by atoms with Crippen molar-refractivity contribution in [2.75, 3.05) is 19.6 Å². The lowest BCUT2D eigenvalue weighted by Gasteiger charge is -2.19. The fourth-order valence-corrected chi connectivity index (χ4v) is 2.59. The van der Waals surface area contributed by atoms with E-state index < -0.39 is 11.9 Å². The van der Waals surface area contributed by atoms with Crippen LogP contribution in [0.15, 0.2) is 29.1 Å². The first-order valence-corrected chi connectivity index (χ1v) is 9.17. The first-order chi connectivity index (χ1) is 12.9. The Morgan fingerprint density at radius 3 is 2.70 bits per heavy atom. The molecule has 3 amide bonds. The zero-order chi connectivity index (χ0) is 19.8. The van der Waals surface area contributed by atoms with E-state index in [9.17, 15) is 14.4 Å². The Bertz CT molecular complexity index is 847. The van der Waals surface area contributed by atoms with Crippen LogP contribution in [-0.4, -0.2) is 46.4 Å². The van der Waals surface area contributed by atoms with Gasteiger partial charge in [-0.1, -0.05) is 32.9 Å². The number of carbonyl (C=O) groups excluding carboxylic acids is 2. The van der Waals surface area contributed by atoms with Gasteiger partial charge in [0.2, 0.25) is 5.91 Å². The Morgan fingerprint density at radius 1 is 1.26 bits per heavy atom. The predicted molar refractivity (Wildman–Crippen MR) is 104 cm³/mol. The van der Waals surface area contributed by atoms with Crippen LogP contribution in [0.4, 0.5) is 4.79 Å². The van der Waals surface area contributed by atoms with Gasteiger partial charge in [-0.15, -0.1) is 0 Å². The van der Waals surface area contributed by atoms with E-state index in [0.717, 1.165) is 6.42 Å². The minimum absolute atomic E-state index is 0.0324. The molecule has 2 rings (SSSR count). The number of urea groups is 1. The van der Waals surface area contributed by atoms with Crippen molar-refractivity contribution < 1.29 is 9.59 Å². The molecule has 27 heavy (non-hydrogen) atoms. The maximum absolute atomic E-state index is 12.1. The van der Waals surface area contributed by atoms with Crippen LogP contribution in [0.1, 0.15) is 33.0 Å². The molecule has 0 atom stereocenters. The molecule has 0 aliphatic rings. The van der Waals surface area contributed by atoms with E-state index >= 15 is 0 Å². The molecule has 3 N–H and O–H groups in total. The quantitative estimate of drug-likeness (QED) is 0.652. The number of likely N-dealkylation sites (N-methyl/N-ethyl adjacent to an activating group) is 1. The molecular weight excluding hydrogens is 346 g/mol. The lowest BCUT2D eigenvalue weighted by Crippen LogP contribution is -2.44. The molecule has 146 valence electrons. The van der Waals surface area contributed by atoms with E-state index in [0.29, 0.717) is 42.3 Å². The molecule has 0 unspecified atom stereocenters. The van der Waals surface area contributed by atoms with Crippen LogP contribution in [0.5, 0.6) is 0 Å². The molecule has 0 bridgehead atoms. The minimum atomic E-state index is -0.492. The van der Waals surface area contributed by atoms with Crippen LogP contribution < -0.4 is 16.2 Å². The number of rotatable bonds is 8. The van der Waals surface area contributed by atoms with Crippen LogP contribution in [0.25, 0.3) is 10.9 Å². The number of amides is 3. The number of imide groups is 1. The number of carbonyl (C=O) groups is 2. The lowest BCUT2D eigenvalue weighted by atomic mass is 10.1. The number of para-hydroxylation sites is 1. The smallest absolute Gasteiger partial charge is 0.321 e. The number of H-pyrrole nitrogens is 1. The summed E-state index contributed by atoms with van der Waals surface area (Å²) in [7, 11) is 0. The number of nitrogens with one attached hydrogen (secondary N) is 3. The highest BCUT2D eigenvalue weighted by Gasteiger charge is 2.14. The Morgan fingerprint density at radius 2 is 2.00 bits per heavy atom. The normalized spacial score (nSPS) is 11.1. The molecule has 0 radical (unpaired) electrons. The maximum atomic E-state index is 12.1. The fraction of sp³-hybridized carbons (Fsp3) is 0.474. The van der Waals surface area contributed by atoms with Gasteiger partial charge >= 0.3 is 6.03 Å². The monoisotopic (exact) mass is 373 g/mol. The van der Waals surface area contributed by atoms with E-state index in [-0.39, 0.29) is 12.1 Å². The van der Waals surface area contributed by atoms with E-state index in [1.165, 1.54) is 0 Å². The summed E-state index contributed by atoms with van der Waals surface area (Å²) in [6.45, 7) is 7.46. The van der Waals surface area contributed by atoms with Gasteiger partial charge in [0.15, 0.2) is 0 Å². The summed E-state index contributed by atoms with van der Waals surface area (Å²) in [6.07, 6.45) is 0.851. The predicted octanol–water partition coefficient (Wildman–Crippen LogP) is 1.62. The molecule has 2 aromatic rings. The first-order valence-electron chi connectivity index (χ1n) is 9.17. The zero-order valence-electron chi connectivity index (χ0n) is 16.0. The summed E-state index contributed by atoms with van der Waals surface area (Å²) < 4.78 is 0. The zero-order valence-corrected chi connectivity index (χ0v) is 16.0. The molecule has 1 aromatic carbocycles. The Labute approximate surface area is 158 Å². The van der Waals surface area contributed by atoms with Crippen molar-refractivity contribution in [3.8, 4) is 0 Å². The van der Waals surface area contributed by atoms with Crippen molar-refractivity contribution in [2.24, 2.45) is 5.92 Å². The molecule has 8 heteroatoms. The molecule has 0 aliphatic heterocycles. The summed E-state index contributed by atoms with van der Waals surface area (Å²) in [5.74, 6) is 0.560. The van der Waals surface area contributed by atoms with Gasteiger partial charge in [0.05, 0.1) is 24.0 Å². The van der Waals surface area contributed by atoms with Gasteiger partial charge in [0.25, 0.3) is 5.56 Å². The van der Waals surface area contributed by atoms with Crippen molar-refractivity contribution in [1.82, 2.24) is 25.5 Å². The molecule has 8 nitrogen and oxygen atoms in total. The van der Waals surface area contributed by atoms with Gasteiger partial charge in [-0.3, -0.25) is 19.8 Å². The van der Waals surface area contributed by atoms with E-state index in [2.05, 4.69) is 34.4 Å². The third-order valence-electron chi connectivity index (χ3n) is 4.11. The van der Waals surface area contributed by atoms with Crippen LogP contribution in [0.3, 0.4) is 0 Å². The number of hydrogen-bond donors (Lipinski definition) is 3. The van der Waals surface area contributed by atoms with Crippen LogP contribution in [0, 0.1) is 5.92 Å². The Balaban J connectivity index is 1.92. The molecule has 0 saturated heterocycles. The molecular formula is C19H27N5O3. The lowest BCUT2D eigenvalue weighted by molar-refractivity contribution is -0.121. The summed E-state index contributed by atoms with van der Waals surface area (Å²) in [4.78, 5) is 44.9. The largest absolute Gasteiger partial charge is 0.338 e. The minimum Gasteiger partial charge on any atom is -0.338 e. The second-order valence-corrected chi connectivity index (χ2v) is 6.82. The highest BCUT2D eigenvalue weighted by atomic mass is 16.2. The second-order valence-electron chi connectivity index (χ2n) is 6.82. The van der Waals surface area contributed by atoms with Crippen molar-refractivity contribution in [3.63, 3.8) is 0 Å². The number of benzene rings is 1. The van der Waals surface area contributed by atoms with Crippen LogP contribution in [0.2, 0.25) is 0 Å². The highest BCUT2D eigenvalue weighted by molar-refractivity contribution is 5.95. The van der Waals surface area contributed by atoms with Crippen molar-refractivity contribution in [2.45, 2.75) is 33.7 Å². The Hall–Kier alpha value is -2.74. The summed E-state index contributed by atoms with van der Waals surface area (Å²) in [5.41, 5.74) is 0.405. The third-order valence-corrected chi connectivity index (χ3v) is 4.11. The SMILES string of the molecule is CCN(CC(=O)NC(=O)NCCC(C)C)Cc1nc2ccccc2c(=O)[nH]1. The average molecular weight is 373 g/mol. The molecule has 0 aliphatic carbocycles. The van der Waals surface area contributed by atoms with Gasteiger partial charge in [0.1, 0.15) is 5.82 Å². The first kappa shape index (κ1) is 20.6. The summed E-state index contributed by atoms with van der Waals surface area (Å²) >= 11 is 0. The van der Waals surface area contributed by atoms with Gasteiger partial charge in [-0.05, 0) is 31.0 Å². The van der Waals surface area contributed by atoms with Crippen LogP contribution in [-0.2, 0) is 11.3 Å². The number of fused-ring (bicyclic) bond motifs is 1. The standard InChI is InChI=1S/C19H27N5O3/c1-4-24(12-17(25)23-19(27)20-10-9-13(2)3)11-16-21-15-8-6-5-7-14(15)18(26)22-16/h5-8,13H,4,9-12H2,1-3H3,(H,21,22,26)(H2,20,23,25,27). The molecule has 0 saturated carbocycles. The maximum Gasteiger partial charge on any atom is 0.321 e. The van der Waals surface area contributed by atoms with Crippen molar-refractivity contribution in [1.29, 1.82) is 0 Å². The molecule has 1 aromatic heterocycles. The molecule has 0 spiro atoms. The molecule has 0 fully saturated rings. The second kappa shape index (κ2) is 9.82. The van der Waals surface area contributed by atoms with E-state index in [4.69, 9.17) is 0 Å². The van der Waals surface area contributed by atoms with Crippen molar-refractivity contribution >= 4 is 22.8 Å². The topological polar surface area (TPSA) is 107 Å². The Kier molecular flexibility index (Phi) is 7.48. The van der Waals surface area contributed by atoms with Gasteiger partial charge < -0.3 is 10.3 Å². The highest BCUT2D eigenvalue weighted by Crippen LogP contribution is 2.07. The van der Waals surface area contributed by atoms with Gasteiger partial charge in [-0.2, -0.15) is 0 Å². The van der Waals surface area contributed by atoms with Crippen LogP contribution >= 0.6 is 0 Å². The fourth-order valence-electron chi connectivity index (χ4n) is 2.59. The average Bonchev–Trinajstić information content (AvgIpc) is 2.60. The number of aromatic amines is 1. The molecule has 1 heterocycles.